The van der Waals surface area contributed by atoms with Crippen LogP contribution in [0.3, 0.4) is 0 Å². The molecule has 2 aliphatic rings. The number of nitrogens with zero attached hydrogens (tertiary/aromatic N) is 2. The smallest absolute Gasteiger partial charge is 0.321 e. The third-order valence-electron chi connectivity index (χ3n) is 5.64. The molecule has 2 atom stereocenters. The summed E-state index contributed by atoms with van der Waals surface area (Å²) >= 11 is 0. The zero-order valence-corrected chi connectivity index (χ0v) is 15.4. The van der Waals surface area contributed by atoms with Crippen molar-refractivity contribution in [1.29, 1.82) is 0 Å². The average Bonchev–Trinajstić information content (AvgIpc) is 3.20. The summed E-state index contributed by atoms with van der Waals surface area (Å²) in [5, 5.41) is 5.96. The van der Waals surface area contributed by atoms with Crippen LogP contribution in [-0.4, -0.2) is 34.9 Å². The predicted molar refractivity (Wildman–Crippen MR) is 103 cm³/mol. The van der Waals surface area contributed by atoms with Gasteiger partial charge in [0.1, 0.15) is 0 Å². The minimum atomic E-state index is -0.0844. The molecule has 3 amide bonds. The van der Waals surface area contributed by atoms with Crippen LogP contribution in [-0.2, 0) is 11.3 Å². The summed E-state index contributed by atoms with van der Waals surface area (Å²) in [5.41, 5.74) is 2.87. The molecule has 1 aromatic heterocycles. The normalized spacial score (nSPS) is 23.3. The quantitative estimate of drug-likeness (QED) is 0.876. The van der Waals surface area contributed by atoms with Gasteiger partial charge in [0, 0.05) is 49.0 Å². The van der Waals surface area contributed by atoms with E-state index in [0.717, 1.165) is 29.7 Å². The fraction of sp³-hybridized carbons (Fsp3) is 0.381. The SMILES string of the molecule is Cc1cccc(NC(=O)N2CCC3(CC3C(=O)NCc3cccnc3)C2)c1. The Bertz CT molecular complexity index is 854. The topological polar surface area (TPSA) is 74.3 Å². The van der Waals surface area contributed by atoms with Gasteiger partial charge in [-0.2, -0.15) is 0 Å². The number of hydrogen-bond donors (Lipinski definition) is 2. The number of pyridine rings is 1. The molecular weight excluding hydrogens is 340 g/mol. The molecule has 140 valence electrons. The molecule has 4 rings (SSSR count). The Morgan fingerprint density at radius 1 is 1.30 bits per heavy atom. The first-order valence-electron chi connectivity index (χ1n) is 9.35. The molecule has 1 aliphatic carbocycles. The first-order chi connectivity index (χ1) is 13.1. The number of urea groups is 1. The predicted octanol–water partition coefficient (Wildman–Crippen LogP) is 2.95. The van der Waals surface area contributed by atoms with E-state index in [4.69, 9.17) is 0 Å². The molecule has 2 N–H and O–H groups in total. The van der Waals surface area contributed by atoms with Crippen molar-refractivity contribution in [3.63, 3.8) is 0 Å². The van der Waals surface area contributed by atoms with E-state index in [1.54, 1.807) is 12.4 Å². The molecule has 2 heterocycles. The first-order valence-corrected chi connectivity index (χ1v) is 9.35. The number of carbonyl (C=O) groups excluding carboxylic acids is 2. The molecule has 0 radical (unpaired) electrons. The first kappa shape index (κ1) is 17.5. The molecular formula is C21H24N4O2. The lowest BCUT2D eigenvalue weighted by Gasteiger charge is -2.18. The molecule has 6 heteroatoms. The van der Waals surface area contributed by atoms with Crippen LogP contribution in [0.2, 0.25) is 0 Å². The summed E-state index contributed by atoms with van der Waals surface area (Å²) < 4.78 is 0. The number of carbonyl (C=O) groups is 2. The second-order valence-electron chi connectivity index (χ2n) is 7.67. The number of hydrogen-bond acceptors (Lipinski definition) is 3. The second-order valence-corrected chi connectivity index (χ2v) is 7.67. The van der Waals surface area contributed by atoms with Crippen molar-refractivity contribution < 1.29 is 9.59 Å². The average molecular weight is 364 g/mol. The Morgan fingerprint density at radius 3 is 2.96 bits per heavy atom. The molecule has 2 fully saturated rings. The van der Waals surface area contributed by atoms with E-state index in [1.807, 2.05) is 48.2 Å². The molecule has 2 unspecified atom stereocenters. The van der Waals surface area contributed by atoms with E-state index >= 15 is 0 Å². The van der Waals surface area contributed by atoms with Gasteiger partial charge in [-0.1, -0.05) is 18.2 Å². The molecule has 1 saturated carbocycles. The zero-order valence-electron chi connectivity index (χ0n) is 15.4. The summed E-state index contributed by atoms with van der Waals surface area (Å²) in [6.07, 6.45) is 5.23. The highest BCUT2D eigenvalue weighted by Gasteiger charge is 2.61. The van der Waals surface area contributed by atoms with Crippen molar-refractivity contribution >= 4 is 17.6 Å². The Hall–Kier alpha value is -2.89. The molecule has 1 spiro atoms. The van der Waals surface area contributed by atoms with Crippen LogP contribution >= 0.6 is 0 Å². The molecule has 1 aliphatic heterocycles. The van der Waals surface area contributed by atoms with Crippen LogP contribution in [0, 0.1) is 18.3 Å². The number of likely N-dealkylation sites (tertiary alicyclic amines) is 1. The highest BCUT2D eigenvalue weighted by atomic mass is 16.2. The van der Waals surface area contributed by atoms with Crippen molar-refractivity contribution in [3.05, 3.63) is 59.9 Å². The summed E-state index contributed by atoms with van der Waals surface area (Å²) in [5.74, 6) is 0.0886. The lowest BCUT2D eigenvalue weighted by molar-refractivity contribution is -0.123. The Balaban J connectivity index is 1.29. The number of anilines is 1. The standard InChI is InChI=1S/C21H24N4O2/c1-15-4-2-6-17(10-15)24-20(27)25-9-7-21(14-25)11-18(21)19(26)23-13-16-5-3-8-22-12-16/h2-6,8,10,12,18H,7,9,11,13-14H2,1H3,(H,23,26)(H,24,27). The third kappa shape index (κ3) is 3.79. The Labute approximate surface area is 159 Å². The fourth-order valence-corrected chi connectivity index (χ4v) is 3.98. The lowest BCUT2D eigenvalue weighted by Crippen LogP contribution is -2.34. The Morgan fingerprint density at radius 2 is 2.19 bits per heavy atom. The van der Waals surface area contributed by atoms with Gasteiger partial charge < -0.3 is 15.5 Å². The van der Waals surface area contributed by atoms with Crippen LogP contribution in [0.4, 0.5) is 10.5 Å². The summed E-state index contributed by atoms with van der Waals surface area (Å²) in [6.45, 7) is 3.84. The number of aryl methyl sites for hydroxylation is 1. The molecule has 0 bridgehead atoms. The fourth-order valence-electron chi connectivity index (χ4n) is 3.98. The number of rotatable bonds is 4. The molecule has 27 heavy (non-hydrogen) atoms. The van der Waals surface area contributed by atoms with Crippen molar-refractivity contribution in [2.45, 2.75) is 26.3 Å². The van der Waals surface area contributed by atoms with Gasteiger partial charge in [0.05, 0.1) is 0 Å². The minimum Gasteiger partial charge on any atom is -0.352 e. The number of nitrogens with one attached hydrogen (secondary N) is 2. The van der Waals surface area contributed by atoms with E-state index < -0.39 is 0 Å². The lowest BCUT2D eigenvalue weighted by atomic mass is 10.0. The summed E-state index contributed by atoms with van der Waals surface area (Å²) in [6, 6.07) is 11.5. The van der Waals surface area contributed by atoms with Crippen molar-refractivity contribution in [1.82, 2.24) is 15.2 Å². The van der Waals surface area contributed by atoms with Gasteiger partial charge in [-0.05, 0) is 49.1 Å². The maximum atomic E-state index is 12.5. The largest absolute Gasteiger partial charge is 0.352 e. The van der Waals surface area contributed by atoms with Crippen molar-refractivity contribution in [2.75, 3.05) is 18.4 Å². The van der Waals surface area contributed by atoms with Crippen LogP contribution in [0.5, 0.6) is 0 Å². The third-order valence-corrected chi connectivity index (χ3v) is 5.64. The second kappa shape index (κ2) is 7.02. The van der Waals surface area contributed by atoms with Gasteiger partial charge in [-0.25, -0.2) is 4.79 Å². The number of aromatic nitrogens is 1. The highest BCUT2D eigenvalue weighted by Crippen LogP contribution is 2.58. The Kier molecular flexibility index (Phi) is 4.56. The minimum absolute atomic E-state index is 0.00550. The van der Waals surface area contributed by atoms with Gasteiger partial charge in [-0.15, -0.1) is 0 Å². The van der Waals surface area contributed by atoms with E-state index in [9.17, 15) is 9.59 Å². The van der Waals surface area contributed by atoms with Crippen molar-refractivity contribution in [2.24, 2.45) is 11.3 Å². The van der Waals surface area contributed by atoms with Gasteiger partial charge in [0.2, 0.25) is 5.91 Å². The van der Waals surface area contributed by atoms with E-state index in [2.05, 4.69) is 15.6 Å². The van der Waals surface area contributed by atoms with Crippen LogP contribution < -0.4 is 10.6 Å². The summed E-state index contributed by atoms with van der Waals surface area (Å²) in [4.78, 5) is 30.9. The number of benzene rings is 1. The number of amides is 3. The maximum Gasteiger partial charge on any atom is 0.321 e. The van der Waals surface area contributed by atoms with E-state index in [0.29, 0.717) is 19.6 Å². The van der Waals surface area contributed by atoms with E-state index in [-0.39, 0.29) is 23.3 Å². The van der Waals surface area contributed by atoms with Crippen LogP contribution in [0.15, 0.2) is 48.8 Å². The van der Waals surface area contributed by atoms with Crippen molar-refractivity contribution in [3.8, 4) is 0 Å². The van der Waals surface area contributed by atoms with E-state index in [1.165, 1.54) is 0 Å². The van der Waals surface area contributed by atoms with Crippen LogP contribution in [0.25, 0.3) is 0 Å². The van der Waals surface area contributed by atoms with Gasteiger partial charge >= 0.3 is 6.03 Å². The highest BCUT2D eigenvalue weighted by molar-refractivity contribution is 5.90. The monoisotopic (exact) mass is 364 g/mol. The molecule has 6 nitrogen and oxygen atoms in total. The summed E-state index contributed by atoms with van der Waals surface area (Å²) in [7, 11) is 0. The molecule has 1 saturated heterocycles. The molecule has 2 aromatic rings. The van der Waals surface area contributed by atoms with Gasteiger partial charge in [0.25, 0.3) is 0 Å². The van der Waals surface area contributed by atoms with Crippen LogP contribution in [0.1, 0.15) is 24.0 Å². The van der Waals surface area contributed by atoms with Gasteiger partial charge in [0.15, 0.2) is 0 Å². The zero-order chi connectivity index (χ0) is 18.9. The molecule has 1 aromatic carbocycles. The maximum absolute atomic E-state index is 12.5. The van der Waals surface area contributed by atoms with Gasteiger partial charge in [-0.3, -0.25) is 9.78 Å².